The fourth-order valence-electron chi connectivity index (χ4n) is 4.03. The Morgan fingerprint density at radius 1 is 1.19 bits per heavy atom. The molecule has 0 bridgehead atoms. The van der Waals surface area contributed by atoms with E-state index in [1.54, 1.807) is 56.3 Å². The van der Waals surface area contributed by atoms with Crippen molar-refractivity contribution in [3.05, 3.63) is 60.0 Å². The number of nitrogens with zero attached hydrogens (tertiary/aromatic N) is 3. The molecule has 0 saturated heterocycles. The van der Waals surface area contributed by atoms with Gasteiger partial charge >= 0.3 is 6.18 Å². The van der Waals surface area contributed by atoms with Crippen molar-refractivity contribution in [3.8, 4) is 5.75 Å². The van der Waals surface area contributed by atoms with Crippen LogP contribution in [0.15, 0.2) is 53.7 Å². The molecule has 2 atom stereocenters. The number of hydrogen-bond acceptors (Lipinski definition) is 5. The fraction of sp³-hybridized carbons (Fsp3) is 0.348. The molecule has 2 aromatic carbocycles. The van der Waals surface area contributed by atoms with Crippen LogP contribution in [0.4, 0.5) is 18.9 Å². The van der Waals surface area contributed by atoms with Crippen molar-refractivity contribution in [2.45, 2.75) is 43.9 Å². The third-order valence-corrected chi connectivity index (χ3v) is 5.74. The summed E-state index contributed by atoms with van der Waals surface area (Å²) in [6.07, 6.45) is -3.02. The number of aliphatic hydroxyl groups is 1. The van der Waals surface area contributed by atoms with Crippen LogP contribution < -0.4 is 4.74 Å². The van der Waals surface area contributed by atoms with Crippen LogP contribution in [0.3, 0.4) is 0 Å². The van der Waals surface area contributed by atoms with Gasteiger partial charge in [-0.2, -0.15) is 13.2 Å². The van der Waals surface area contributed by atoms with Crippen LogP contribution >= 0.6 is 0 Å². The zero-order valence-corrected chi connectivity index (χ0v) is 17.1. The first-order valence-electron chi connectivity index (χ1n) is 9.90. The number of ether oxygens (including phenoxy) is 1. The number of para-hydroxylation sites is 1. The quantitative estimate of drug-likeness (QED) is 0.589. The summed E-state index contributed by atoms with van der Waals surface area (Å²) in [6.45, 7) is 3.72. The molecule has 1 aromatic heterocycles. The SMILES string of the molecule is Cc1ncc2c(/N=C/C(O)(CC3(C)CCOc4ccccc43)C(F)(F)F)cccc2n1. The van der Waals surface area contributed by atoms with Crippen molar-refractivity contribution in [2.24, 2.45) is 4.99 Å². The van der Waals surface area contributed by atoms with E-state index in [0.717, 1.165) is 0 Å². The van der Waals surface area contributed by atoms with Crippen LogP contribution in [-0.4, -0.2) is 39.7 Å². The molecule has 2 unspecified atom stereocenters. The summed E-state index contributed by atoms with van der Waals surface area (Å²) in [4.78, 5) is 12.4. The summed E-state index contributed by atoms with van der Waals surface area (Å²) < 4.78 is 47.8. The van der Waals surface area contributed by atoms with E-state index in [4.69, 9.17) is 4.74 Å². The molecule has 0 spiro atoms. The average Bonchev–Trinajstić information content (AvgIpc) is 2.71. The Morgan fingerprint density at radius 3 is 2.74 bits per heavy atom. The minimum Gasteiger partial charge on any atom is -0.493 e. The Kier molecular flexibility index (Phi) is 5.21. The normalized spacial score (nSPS) is 21.0. The Labute approximate surface area is 177 Å². The summed E-state index contributed by atoms with van der Waals surface area (Å²) in [5, 5.41) is 11.3. The predicted octanol–water partition coefficient (Wildman–Crippen LogP) is 5.06. The largest absolute Gasteiger partial charge is 0.493 e. The summed E-state index contributed by atoms with van der Waals surface area (Å²) in [7, 11) is 0. The van der Waals surface area contributed by atoms with Crippen LogP contribution in [0.2, 0.25) is 0 Å². The fourth-order valence-corrected chi connectivity index (χ4v) is 4.03. The maximum absolute atomic E-state index is 14.1. The van der Waals surface area contributed by atoms with Gasteiger partial charge in [0.15, 0.2) is 5.60 Å². The lowest BCUT2D eigenvalue weighted by Crippen LogP contribution is -2.51. The zero-order valence-electron chi connectivity index (χ0n) is 17.1. The molecule has 2 heterocycles. The number of aryl methyl sites for hydroxylation is 1. The molecule has 1 aliphatic heterocycles. The maximum atomic E-state index is 14.1. The Morgan fingerprint density at radius 2 is 1.97 bits per heavy atom. The molecule has 162 valence electrons. The maximum Gasteiger partial charge on any atom is 0.422 e. The van der Waals surface area contributed by atoms with Gasteiger partial charge < -0.3 is 9.84 Å². The number of benzene rings is 2. The number of aromatic nitrogens is 2. The molecule has 5 nitrogen and oxygen atoms in total. The van der Waals surface area contributed by atoms with Crippen LogP contribution in [0, 0.1) is 6.92 Å². The summed E-state index contributed by atoms with van der Waals surface area (Å²) in [6, 6.07) is 12.0. The molecule has 0 amide bonds. The average molecular weight is 429 g/mol. The van der Waals surface area contributed by atoms with Gasteiger partial charge in [-0.25, -0.2) is 9.97 Å². The standard InChI is InChI=1S/C23H22F3N3O2/c1-15-27-12-16-18(7-5-8-19(16)29-15)28-14-22(30,23(24,25)26)13-21(2)10-11-31-20-9-4-3-6-17(20)21/h3-9,12,14,30H,10-11,13H2,1-2H3/b28-14+. The van der Waals surface area contributed by atoms with Gasteiger partial charge in [-0.05, 0) is 38.0 Å². The molecule has 0 fully saturated rings. The van der Waals surface area contributed by atoms with Crippen molar-refractivity contribution in [3.63, 3.8) is 0 Å². The number of halogens is 3. The van der Waals surface area contributed by atoms with Crippen molar-refractivity contribution in [1.82, 2.24) is 9.97 Å². The summed E-state index contributed by atoms with van der Waals surface area (Å²) >= 11 is 0. The number of fused-ring (bicyclic) bond motifs is 2. The number of aliphatic imine (C=N–C) groups is 1. The molecule has 4 rings (SSSR count). The third kappa shape index (κ3) is 3.99. The lowest BCUT2D eigenvalue weighted by atomic mass is 9.70. The van der Waals surface area contributed by atoms with Gasteiger partial charge in [0.2, 0.25) is 0 Å². The highest BCUT2D eigenvalue weighted by Gasteiger charge is 2.56. The minimum atomic E-state index is -4.91. The van der Waals surface area contributed by atoms with Crippen LogP contribution in [0.1, 0.15) is 31.2 Å². The molecule has 0 radical (unpaired) electrons. The highest BCUT2D eigenvalue weighted by molar-refractivity contribution is 5.91. The second-order valence-corrected chi connectivity index (χ2v) is 8.14. The minimum absolute atomic E-state index is 0.262. The van der Waals surface area contributed by atoms with Gasteiger partial charge in [0.05, 0.1) is 17.8 Å². The first-order valence-corrected chi connectivity index (χ1v) is 9.90. The van der Waals surface area contributed by atoms with E-state index >= 15 is 0 Å². The van der Waals surface area contributed by atoms with Gasteiger partial charge in [-0.3, -0.25) is 4.99 Å². The second kappa shape index (κ2) is 7.60. The van der Waals surface area contributed by atoms with Gasteiger partial charge in [-0.15, -0.1) is 0 Å². The smallest absolute Gasteiger partial charge is 0.422 e. The highest BCUT2D eigenvalue weighted by atomic mass is 19.4. The first-order chi connectivity index (χ1) is 14.6. The molecule has 31 heavy (non-hydrogen) atoms. The van der Waals surface area contributed by atoms with Crippen LogP contribution in [0.5, 0.6) is 5.75 Å². The van der Waals surface area contributed by atoms with E-state index in [2.05, 4.69) is 15.0 Å². The number of alkyl halides is 3. The lowest BCUT2D eigenvalue weighted by Gasteiger charge is -2.41. The molecular formula is C23H22F3N3O2. The van der Waals surface area contributed by atoms with Crippen molar-refractivity contribution in [1.29, 1.82) is 0 Å². The second-order valence-electron chi connectivity index (χ2n) is 8.14. The van der Waals surface area contributed by atoms with Crippen LogP contribution in [-0.2, 0) is 5.41 Å². The molecule has 3 aromatic rings. The number of rotatable bonds is 4. The van der Waals surface area contributed by atoms with Gasteiger partial charge in [-0.1, -0.05) is 31.2 Å². The van der Waals surface area contributed by atoms with E-state index in [0.29, 0.717) is 40.7 Å². The Balaban J connectivity index is 1.74. The van der Waals surface area contributed by atoms with Gasteiger partial charge in [0.1, 0.15) is 11.6 Å². The van der Waals surface area contributed by atoms with Gasteiger partial charge in [0.25, 0.3) is 0 Å². The molecule has 0 aliphatic carbocycles. The number of hydrogen-bond donors (Lipinski definition) is 1. The Hall–Kier alpha value is -3.00. The lowest BCUT2D eigenvalue weighted by molar-refractivity contribution is -0.235. The van der Waals surface area contributed by atoms with E-state index in [1.165, 1.54) is 6.20 Å². The third-order valence-electron chi connectivity index (χ3n) is 5.74. The topological polar surface area (TPSA) is 67.6 Å². The predicted molar refractivity (Wildman–Crippen MR) is 112 cm³/mol. The van der Waals surface area contributed by atoms with Crippen molar-refractivity contribution in [2.75, 3.05) is 6.61 Å². The first kappa shape index (κ1) is 21.2. The molecule has 1 N–H and O–H groups in total. The summed E-state index contributed by atoms with van der Waals surface area (Å²) in [5.74, 6) is 1.09. The van der Waals surface area contributed by atoms with E-state index < -0.39 is 23.6 Å². The van der Waals surface area contributed by atoms with Crippen molar-refractivity contribution < 1.29 is 23.0 Å². The zero-order chi connectivity index (χ0) is 22.3. The van der Waals surface area contributed by atoms with E-state index in [9.17, 15) is 18.3 Å². The molecular weight excluding hydrogens is 407 g/mol. The Bertz CT molecular complexity index is 1150. The van der Waals surface area contributed by atoms with Crippen molar-refractivity contribution >= 4 is 22.8 Å². The summed E-state index contributed by atoms with van der Waals surface area (Å²) in [5.41, 5.74) is -2.59. The van der Waals surface area contributed by atoms with E-state index in [1.807, 2.05) is 0 Å². The van der Waals surface area contributed by atoms with Gasteiger partial charge in [0, 0.05) is 28.8 Å². The monoisotopic (exact) mass is 429 g/mol. The molecule has 1 aliphatic rings. The molecule has 0 saturated carbocycles. The van der Waals surface area contributed by atoms with E-state index in [-0.39, 0.29) is 12.3 Å². The molecule has 8 heteroatoms. The van der Waals surface area contributed by atoms with Crippen LogP contribution in [0.25, 0.3) is 10.9 Å². The highest BCUT2D eigenvalue weighted by Crippen LogP contribution is 2.47.